The third kappa shape index (κ3) is 3.27. The lowest BCUT2D eigenvalue weighted by Gasteiger charge is -2.39. The lowest BCUT2D eigenvalue weighted by Crippen LogP contribution is -2.50. The van der Waals surface area contributed by atoms with E-state index in [9.17, 15) is 9.18 Å². The molecule has 0 N–H and O–H groups in total. The summed E-state index contributed by atoms with van der Waals surface area (Å²) in [4.78, 5) is 17.0. The number of nitrogens with zero attached hydrogens (tertiary/aromatic N) is 2. The highest BCUT2D eigenvalue weighted by Crippen LogP contribution is 2.38. The van der Waals surface area contributed by atoms with Crippen LogP contribution in [0.4, 0.5) is 4.39 Å². The van der Waals surface area contributed by atoms with Crippen LogP contribution in [-0.2, 0) is 4.79 Å². The zero-order valence-corrected chi connectivity index (χ0v) is 14.2. The van der Waals surface area contributed by atoms with Crippen molar-refractivity contribution in [3.8, 4) is 0 Å². The highest BCUT2D eigenvalue weighted by molar-refractivity contribution is 5.76. The van der Waals surface area contributed by atoms with Crippen LogP contribution >= 0.6 is 0 Å². The minimum absolute atomic E-state index is 0.176. The fourth-order valence-corrected chi connectivity index (χ4v) is 4.39. The van der Waals surface area contributed by atoms with Crippen molar-refractivity contribution in [1.82, 2.24) is 9.80 Å². The van der Waals surface area contributed by atoms with Crippen LogP contribution in [0.1, 0.15) is 50.5 Å². The molecule has 0 radical (unpaired) electrons. The van der Waals surface area contributed by atoms with Gasteiger partial charge in [0.15, 0.2) is 0 Å². The summed E-state index contributed by atoms with van der Waals surface area (Å²) in [5, 5.41) is 0. The zero-order valence-electron chi connectivity index (χ0n) is 14.2. The summed E-state index contributed by atoms with van der Waals surface area (Å²) in [5.74, 6) is 0.251. The molecule has 2 aliphatic rings. The van der Waals surface area contributed by atoms with E-state index in [0.717, 1.165) is 31.5 Å². The van der Waals surface area contributed by atoms with Crippen molar-refractivity contribution in [3.05, 3.63) is 35.6 Å². The van der Waals surface area contributed by atoms with E-state index in [-0.39, 0.29) is 23.7 Å². The molecule has 126 valence electrons. The molecule has 2 aliphatic heterocycles. The smallest absolute Gasteiger partial charge is 0.222 e. The fourth-order valence-electron chi connectivity index (χ4n) is 4.39. The van der Waals surface area contributed by atoms with Gasteiger partial charge >= 0.3 is 0 Å². The van der Waals surface area contributed by atoms with Crippen LogP contribution in [0.2, 0.25) is 0 Å². The Morgan fingerprint density at radius 1 is 1.30 bits per heavy atom. The molecule has 4 heteroatoms. The predicted octanol–water partition coefficient (Wildman–Crippen LogP) is 3.40. The Hall–Kier alpha value is -1.42. The second kappa shape index (κ2) is 7.00. The number of benzene rings is 1. The molecular formula is C19H27FN2O. The van der Waals surface area contributed by atoms with Gasteiger partial charge in [-0.1, -0.05) is 31.9 Å². The minimum atomic E-state index is -0.187. The number of amides is 1. The minimum Gasteiger partial charge on any atom is -0.337 e. The summed E-state index contributed by atoms with van der Waals surface area (Å²) in [7, 11) is 2.15. The lowest BCUT2D eigenvalue weighted by atomic mass is 9.86. The Balaban J connectivity index is 1.97. The molecule has 2 saturated heterocycles. The van der Waals surface area contributed by atoms with E-state index in [1.165, 1.54) is 18.9 Å². The fraction of sp³-hybridized carbons (Fsp3) is 0.632. The first-order valence-corrected chi connectivity index (χ1v) is 8.87. The molecule has 2 heterocycles. The molecule has 0 saturated carbocycles. The largest absolute Gasteiger partial charge is 0.337 e. The summed E-state index contributed by atoms with van der Waals surface area (Å²) in [6, 6.07) is 7.50. The van der Waals surface area contributed by atoms with Gasteiger partial charge in [-0.15, -0.1) is 0 Å². The van der Waals surface area contributed by atoms with Gasteiger partial charge in [-0.2, -0.15) is 0 Å². The van der Waals surface area contributed by atoms with Crippen LogP contribution in [0.25, 0.3) is 0 Å². The van der Waals surface area contributed by atoms with Gasteiger partial charge in [-0.25, -0.2) is 4.39 Å². The van der Waals surface area contributed by atoms with Crippen LogP contribution in [0, 0.1) is 5.82 Å². The number of carbonyl (C=O) groups is 1. The number of rotatable bonds is 2. The number of fused-ring (bicyclic) bond motifs is 1. The second-order valence-corrected chi connectivity index (χ2v) is 6.95. The monoisotopic (exact) mass is 318 g/mol. The summed E-state index contributed by atoms with van der Waals surface area (Å²) in [6.45, 7) is 3.67. The number of likely N-dealkylation sites (tertiary alicyclic amines) is 2. The molecule has 1 aromatic carbocycles. The maximum atomic E-state index is 13.7. The van der Waals surface area contributed by atoms with Gasteiger partial charge in [0.25, 0.3) is 0 Å². The number of carbonyl (C=O) groups excluding carboxylic acids is 1. The van der Waals surface area contributed by atoms with Gasteiger partial charge in [0, 0.05) is 31.5 Å². The maximum Gasteiger partial charge on any atom is 0.222 e. The first kappa shape index (κ1) is 16.4. The Labute approximate surface area is 138 Å². The average Bonchev–Trinajstić information content (AvgIpc) is 2.83. The van der Waals surface area contributed by atoms with Gasteiger partial charge < -0.3 is 9.80 Å². The van der Waals surface area contributed by atoms with Gasteiger partial charge in [0.1, 0.15) is 5.82 Å². The molecule has 23 heavy (non-hydrogen) atoms. The summed E-state index contributed by atoms with van der Waals surface area (Å²) >= 11 is 0. The number of halogens is 1. The molecular weight excluding hydrogens is 291 g/mol. The molecule has 1 amide bonds. The molecule has 0 spiro atoms. The Morgan fingerprint density at radius 2 is 2.13 bits per heavy atom. The van der Waals surface area contributed by atoms with Crippen molar-refractivity contribution < 1.29 is 9.18 Å². The Kier molecular flexibility index (Phi) is 5.00. The highest BCUT2D eigenvalue weighted by Gasteiger charge is 2.45. The number of likely N-dealkylation sites (N-methyl/N-ethyl adjacent to an activating group) is 1. The van der Waals surface area contributed by atoms with Gasteiger partial charge in [0.2, 0.25) is 5.91 Å². The van der Waals surface area contributed by atoms with Crippen molar-refractivity contribution >= 4 is 5.91 Å². The van der Waals surface area contributed by atoms with E-state index in [1.807, 2.05) is 13.0 Å². The summed E-state index contributed by atoms with van der Waals surface area (Å²) in [5.41, 5.74) is 1.03. The third-order valence-electron chi connectivity index (χ3n) is 5.52. The van der Waals surface area contributed by atoms with E-state index in [0.29, 0.717) is 12.5 Å². The second-order valence-electron chi connectivity index (χ2n) is 6.95. The van der Waals surface area contributed by atoms with Crippen molar-refractivity contribution in [2.45, 2.75) is 57.0 Å². The van der Waals surface area contributed by atoms with Crippen molar-refractivity contribution in [3.63, 3.8) is 0 Å². The van der Waals surface area contributed by atoms with Crippen molar-refractivity contribution in [2.24, 2.45) is 0 Å². The van der Waals surface area contributed by atoms with Crippen LogP contribution in [0.3, 0.4) is 0 Å². The zero-order chi connectivity index (χ0) is 16.4. The summed E-state index contributed by atoms with van der Waals surface area (Å²) in [6.07, 6.45) is 5.16. The molecule has 1 aromatic rings. The van der Waals surface area contributed by atoms with Crippen LogP contribution < -0.4 is 0 Å². The predicted molar refractivity (Wildman–Crippen MR) is 89.8 cm³/mol. The van der Waals surface area contributed by atoms with Gasteiger partial charge in [0.05, 0.1) is 6.04 Å². The first-order chi connectivity index (χ1) is 11.1. The molecule has 0 unspecified atom stereocenters. The third-order valence-corrected chi connectivity index (χ3v) is 5.52. The van der Waals surface area contributed by atoms with Crippen LogP contribution in [0.5, 0.6) is 0 Å². The maximum absolute atomic E-state index is 13.7. The van der Waals surface area contributed by atoms with Crippen LogP contribution in [-0.4, -0.2) is 47.9 Å². The van der Waals surface area contributed by atoms with E-state index in [1.54, 1.807) is 12.1 Å². The molecule has 3 rings (SSSR count). The highest BCUT2D eigenvalue weighted by atomic mass is 19.1. The van der Waals surface area contributed by atoms with E-state index in [2.05, 4.69) is 16.8 Å². The molecule has 2 fully saturated rings. The standard InChI is InChI=1S/C19H27FN2O/c1-3-18(23)22-11-6-4-5-10-17-19(22)16(13-21(17)2)14-8-7-9-15(20)12-14/h7-9,12,16-17,19H,3-6,10-11,13H2,1-2H3/t16-,17+,19-/m0/s1. The van der Waals surface area contributed by atoms with Crippen molar-refractivity contribution in [1.29, 1.82) is 0 Å². The van der Waals surface area contributed by atoms with Gasteiger partial charge in [-0.3, -0.25) is 4.79 Å². The molecule has 0 aromatic heterocycles. The number of hydrogen-bond donors (Lipinski definition) is 0. The topological polar surface area (TPSA) is 23.6 Å². The molecule has 0 bridgehead atoms. The lowest BCUT2D eigenvalue weighted by molar-refractivity contribution is -0.134. The van der Waals surface area contributed by atoms with Gasteiger partial charge in [-0.05, 0) is 37.6 Å². The molecule has 0 aliphatic carbocycles. The SMILES string of the molecule is CCC(=O)N1CCCCC[C@@H]2[C@@H]1[C@H](c1cccc(F)c1)CN2C. The number of hydrogen-bond acceptors (Lipinski definition) is 2. The van der Waals surface area contributed by atoms with Crippen LogP contribution in [0.15, 0.2) is 24.3 Å². The molecule has 3 atom stereocenters. The molecule has 3 nitrogen and oxygen atoms in total. The normalized spacial score (nSPS) is 29.0. The first-order valence-electron chi connectivity index (χ1n) is 8.87. The Morgan fingerprint density at radius 3 is 2.87 bits per heavy atom. The van der Waals surface area contributed by atoms with E-state index < -0.39 is 0 Å². The quantitative estimate of drug-likeness (QED) is 0.834. The van der Waals surface area contributed by atoms with Crippen molar-refractivity contribution in [2.75, 3.05) is 20.1 Å². The van der Waals surface area contributed by atoms with E-state index >= 15 is 0 Å². The van der Waals surface area contributed by atoms with E-state index in [4.69, 9.17) is 0 Å². The Bertz CT molecular complexity index is 562. The summed E-state index contributed by atoms with van der Waals surface area (Å²) < 4.78 is 13.7. The average molecular weight is 318 g/mol.